The Bertz CT molecular complexity index is 1740. The molecular weight excluding hydrogens is 616 g/mol. The number of phenols is 1. The van der Waals surface area contributed by atoms with E-state index in [1.165, 1.54) is 30.4 Å². The number of fused-ring (bicyclic) bond motifs is 3. The number of likely N-dealkylation sites (N-methyl/N-ethyl adjacent to an activating group) is 1. The fraction of sp³-hybridized carbons (Fsp3) is 0.472. The zero-order valence-corrected chi connectivity index (χ0v) is 27.2. The Morgan fingerprint density at radius 2 is 1.83 bits per heavy atom. The summed E-state index contributed by atoms with van der Waals surface area (Å²) in [6.45, 7) is -0.0912. The minimum atomic E-state index is -2.71. The van der Waals surface area contributed by atoms with Crippen molar-refractivity contribution in [1.82, 2.24) is 15.2 Å². The summed E-state index contributed by atoms with van der Waals surface area (Å²) in [5.41, 5.74) is 3.77. The van der Waals surface area contributed by atoms with Gasteiger partial charge in [-0.05, 0) is 74.9 Å². The number of aliphatic hydroxyl groups excluding tert-OH is 2. The highest BCUT2D eigenvalue weighted by Gasteiger charge is 2.63. The Morgan fingerprint density at radius 1 is 1.10 bits per heavy atom. The molecule has 2 amide bonds. The summed E-state index contributed by atoms with van der Waals surface area (Å²) in [6, 6.07) is 4.02. The second kappa shape index (κ2) is 12.8. The van der Waals surface area contributed by atoms with Gasteiger partial charge in [-0.2, -0.15) is 0 Å². The van der Waals surface area contributed by atoms with E-state index in [4.69, 9.17) is 5.73 Å². The van der Waals surface area contributed by atoms with Crippen molar-refractivity contribution < 1.29 is 39.6 Å². The van der Waals surface area contributed by atoms with Gasteiger partial charge in [-0.3, -0.25) is 29.1 Å². The number of hydrogen-bond acceptors (Lipinski definition) is 10. The molecule has 4 atom stereocenters. The summed E-state index contributed by atoms with van der Waals surface area (Å²) in [6.07, 6.45) is 10.6. The third-order valence-electron chi connectivity index (χ3n) is 10.8. The highest BCUT2D eigenvalue weighted by atomic mass is 16.3. The number of primary amides is 1. The zero-order chi connectivity index (χ0) is 34.5. The van der Waals surface area contributed by atoms with Crippen LogP contribution in [0.3, 0.4) is 0 Å². The lowest BCUT2D eigenvalue weighted by molar-refractivity contribution is -0.148. The molecule has 7 N–H and O–H groups in total. The van der Waals surface area contributed by atoms with Gasteiger partial charge in [0.05, 0.1) is 17.2 Å². The van der Waals surface area contributed by atoms with Gasteiger partial charge in [0.15, 0.2) is 11.4 Å². The van der Waals surface area contributed by atoms with Crippen molar-refractivity contribution >= 4 is 23.4 Å². The van der Waals surface area contributed by atoms with E-state index in [-0.39, 0.29) is 36.3 Å². The normalized spacial score (nSPS) is 25.9. The predicted molar refractivity (Wildman–Crippen MR) is 174 cm³/mol. The number of carbonyl (C=O) groups is 4. The monoisotopic (exact) mass is 658 g/mol. The predicted octanol–water partition coefficient (Wildman–Crippen LogP) is 2.96. The van der Waals surface area contributed by atoms with E-state index in [1.807, 2.05) is 6.07 Å². The number of phenolic OH excluding ortho intramolecular Hbond substituents is 1. The van der Waals surface area contributed by atoms with Gasteiger partial charge in [0.2, 0.25) is 5.78 Å². The van der Waals surface area contributed by atoms with Crippen LogP contribution in [0.15, 0.2) is 53.3 Å². The molecule has 254 valence electrons. The maximum atomic E-state index is 14.4. The van der Waals surface area contributed by atoms with E-state index in [2.05, 4.69) is 10.3 Å². The van der Waals surface area contributed by atoms with Crippen molar-refractivity contribution in [2.45, 2.75) is 76.0 Å². The molecule has 1 saturated carbocycles. The quantitative estimate of drug-likeness (QED) is 0.229. The lowest BCUT2D eigenvalue weighted by Crippen LogP contribution is -2.63. The number of nitrogens with two attached hydrogens (primary N) is 1. The molecule has 6 rings (SSSR count). The number of aromatic hydroxyl groups is 1. The van der Waals surface area contributed by atoms with Crippen LogP contribution in [-0.2, 0) is 29.0 Å². The van der Waals surface area contributed by atoms with Crippen LogP contribution in [0.2, 0.25) is 0 Å². The zero-order valence-electron chi connectivity index (χ0n) is 27.2. The number of amides is 2. The Balaban J connectivity index is 1.43. The van der Waals surface area contributed by atoms with Crippen LogP contribution in [0, 0.1) is 17.8 Å². The van der Waals surface area contributed by atoms with Crippen molar-refractivity contribution in [2.75, 3.05) is 14.1 Å². The van der Waals surface area contributed by atoms with Crippen molar-refractivity contribution in [3.05, 3.63) is 81.1 Å². The van der Waals surface area contributed by atoms with Gasteiger partial charge in [-0.1, -0.05) is 38.2 Å². The van der Waals surface area contributed by atoms with Gasteiger partial charge in [0.25, 0.3) is 11.8 Å². The first kappa shape index (κ1) is 33.4. The average molecular weight is 659 g/mol. The standard InChI is InChI=1S/C36H42N4O8/c1-40(2)28-24-15-21-14-23-19(11-10-18-7-4-3-5-8-18)13-22(17-39-35(47)20-9-6-12-38-16-20)29(41)26(23)30(42)25(21)32(44)36(24,48)33(45)27(31(28)43)34(37)46/h6,9,12-13,16,18,21,24,28,41,43-44,48H,3-5,7-8,10-11,14-15,17H2,1-2H3,(H2,37,46)(H,39,47)/t21-,24-,28+,36+/m1/s1. The van der Waals surface area contributed by atoms with Gasteiger partial charge in [0, 0.05) is 36.0 Å². The molecule has 12 nitrogen and oxygen atoms in total. The molecule has 1 fully saturated rings. The minimum Gasteiger partial charge on any atom is -0.510 e. The highest BCUT2D eigenvalue weighted by molar-refractivity contribution is 6.24. The van der Waals surface area contributed by atoms with Crippen LogP contribution < -0.4 is 11.1 Å². The average Bonchev–Trinajstić information content (AvgIpc) is 3.06. The molecule has 0 spiro atoms. The molecule has 2 aromatic rings. The summed E-state index contributed by atoms with van der Waals surface area (Å²) in [5, 5.41) is 49.0. The van der Waals surface area contributed by atoms with Crippen LogP contribution in [0.1, 0.15) is 82.4 Å². The molecule has 0 aliphatic heterocycles. The summed E-state index contributed by atoms with van der Waals surface area (Å²) >= 11 is 0. The minimum absolute atomic E-state index is 0.0253. The number of nitrogens with one attached hydrogen (secondary N) is 1. The number of pyridine rings is 1. The number of hydrogen-bond donors (Lipinski definition) is 6. The molecule has 1 aromatic heterocycles. The largest absolute Gasteiger partial charge is 0.510 e. The van der Waals surface area contributed by atoms with Crippen molar-refractivity contribution in [1.29, 1.82) is 0 Å². The lowest BCUT2D eigenvalue weighted by Gasteiger charge is -2.50. The molecule has 0 unspecified atom stereocenters. The van der Waals surface area contributed by atoms with E-state index < -0.39 is 64.0 Å². The number of allylic oxidation sites excluding steroid dienone is 1. The van der Waals surface area contributed by atoms with Crippen LogP contribution >= 0.6 is 0 Å². The van der Waals surface area contributed by atoms with Gasteiger partial charge < -0.3 is 31.5 Å². The first-order valence-electron chi connectivity index (χ1n) is 16.6. The Kier molecular flexibility index (Phi) is 8.90. The highest BCUT2D eigenvalue weighted by Crippen LogP contribution is 2.53. The van der Waals surface area contributed by atoms with Crippen molar-refractivity contribution in [3.63, 3.8) is 0 Å². The summed E-state index contributed by atoms with van der Waals surface area (Å²) < 4.78 is 0. The molecular formula is C36H42N4O8. The molecule has 0 saturated heterocycles. The molecule has 1 aromatic carbocycles. The number of carbonyl (C=O) groups excluding carboxylic acids is 4. The molecule has 48 heavy (non-hydrogen) atoms. The van der Waals surface area contributed by atoms with Crippen molar-refractivity contribution in [2.24, 2.45) is 23.5 Å². The van der Waals surface area contributed by atoms with Crippen LogP contribution in [0.4, 0.5) is 0 Å². The van der Waals surface area contributed by atoms with E-state index in [9.17, 15) is 39.6 Å². The van der Waals surface area contributed by atoms with Gasteiger partial charge in [0.1, 0.15) is 22.8 Å². The SMILES string of the molecule is CN(C)[C@@H]1C(O)=C(C(N)=O)C(=O)[C@@]2(O)C(O)=C3C(=O)c4c(O)c(CNC(=O)c5cccnc5)cc(CCC5CCCCC5)c4C[C@@H]3C[C@H]12. The first-order chi connectivity index (χ1) is 22.9. The Labute approximate surface area is 278 Å². The second-order valence-corrected chi connectivity index (χ2v) is 13.8. The number of nitrogens with zero attached hydrogens (tertiary/aromatic N) is 2. The number of ketones is 2. The molecule has 4 aliphatic rings. The molecule has 0 radical (unpaired) electrons. The van der Waals surface area contributed by atoms with E-state index in [0.29, 0.717) is 29.0 Å². The van der Waals surface area contributed by atoms with E-state index in [1.54, 1.807) is 32.4 Å². The number of Topliss-reactive ketones (excluding diaryl/α,β-unsaturated/α-hetero) is 2. The third-order valence-corrected chi connectivity index (χ3v) is 10.8. The maximum absolute atomic E-state index is 14.4. The number of benzene rings is 1. The van der Waals surface area contributed by atoms with E-state index in [0.717, 1.165) is 24.8 Å². The number of aliphatic hydroxyl groups is 3. The third kappa shape index (κ3) is 5.46. The second-order valence-electron chi connectivity index (χ2n) is 13.8. The van der Waals surface area contributed by atoms with E-state index >= 15 is 0 Å². The Morgan fingerprint density at radius 3 is 2.48 bits per heavy atom. The molecule has 12 heteroatoms. The fourth-order valence-electron chi connectivity index (χ4n) is 8.43. The molecule has 0 bridgehead atoms. The summed E-state index contributed by atoms with van der Waals surface area (Å²) in [5.74, 6) is -6.77. The topological polar surface area (TPSA) is 203 Å². The first-order valence-corrected chi connectivity index (χ1v) is 16.6. The number of rotatable bonds is 8. The lowest BCUT2D eigenvalue weighted by atomic mass is 9.58. The summed E-state index contributed by atoms with van der Waals surface area (Å²) in [4.78, 5) is 58.7. The molecule has 4 aliphatic carbocycles. The van der Waals surface area contributed by atoms with Gasteiger partial charge in [-0.25, -0.2) is 0 Å². The number of aryl methyl sites for hydroxylation is 1. The van der Waals surface area contributed by atoms with Crippen LogP contribution in [0.25, 0.3) is 0 Å². The maximum Gasteiger partial charge on any atom is 0.255 e. The number of aromatic nitrogens is 1. The fourth-order valence-corrected chi connectivity index (χ4v) is 8.43. The van der Waals surface area contributed by atoms with Gasteiger partial charge >= 0.3 is 0 Å². The van der Waals surface area contributed by atoms with Crippen molar-refractivity contribution in [3.8, 4) is 5.75 Å². The van der Waals surface area contributed by atoms with Crippen LogP contribution in [0.5, 0.6) is 5.75 Å². The van der Waals surface area contributed by atoms with Gasteiger partial charge in [-0.15, -0.1) is 0 Å². The molecule has 1 heterocycles. The Hall–Kier alpha value is -4.55. The summed E-state index contributed by atoms with van der Waals surface area (Å²) in [7, 11) is 3.20. The van der Waals surface area contributed by atoms with Crippen LogP contribution in [-0.4, -0.2) is 79.4 Å². The smallest absolute Gasteiger partial charge is 0.255 e.